The minimum absolute atomic E-state index is 0.0393. The van der Waals surface area contributed by atoms with Crippen molar-refractivity contribution in [2.75, 3.05) is 19.7 Å². The van der Waals surface area contributed by atoms with Crippen LogP contribution in [-0.2, 0) is 4.79 Å². The fourth-order valence-electron chi connectivity index (χ4n) is 2.62. The Morgan fingerprint density at radius 2 is 1.83 bits per heavy atom. The number of rotatable bonds is 6. The van der Waals surface area contributed by atoms with E-state index in [0.717, 1.165) is 12.2 Å². The van der Waals surface area contributed by atoms with Crippen molar-refractivity contribution in [1.29, 1.82) is 0 Å². The molecule has 0 spiro atoms. The van der Waals surface area contributed by atoms with E-state index in [2.05, 4.69) is 13.8 Å². The summed E-state index contributed by atoms with van der Waals surface area (Å²) in [7, 11) is 0. The van der Waals surface area contributed by atoms with Crippen LogP contribution in [-0.4, -0.2) is 41.6 Å². The molecule has 1 fully saturated rings. The number of hydrogen-bond donors (Lipinski definition) is 1. The van der Waals surface area contributed by atoms with Crippen molar-refractivity contribution in [1.82, 2.24) is 4.90 Å². The van der Waals surface area contributed by atoms with Crippen LogP contribution in [0.3, 0.4) is 0 Å². The zero-order valence-electron chi connectivity index (χ0n) is 13.8. The van der Waals surface area contributed by atoms with Gasteiger partial charge in [0, 0.05) is 18.7 Å². The zero-order valence-corrected chi connectivity index (χ0v) is 13.8. The lowest BCUT2D eigenvalue weighted by molar-refractivity contribution is -0.143. The number of hydrogen-bond acceptors (Lipinski definition) is 3. The highest BCUT2D eigenvalue weighted by molar-refractivity contribution is 5.94. The monoisotopic (exact) mass is 319 g/mol. The van der Waals surface area contributed by atoms with E-state index in [1.54, 1.807) is 17.0 Å². The third-order valence-corrected chi connectivity index (χ3v) is 4.20. The topological polar surface area (TPSA) is 66.8 Å². The van der Waals surface area contributed by atoms with Gasteiger partial charge in [-0.3, -0.25) is 9.59 Å². The summed E-state index contributed by atoms with van der Waals surface area (Å²) in [5.41, 5.74) is 0.620. The Balaban J connectivity index is 1.87. The lowest BCUT2D eigenvalue weighted by Crippen LogP contribution is -2.40. The van der Waals surface area contributed by atoms with Gasteiger partial charge >= 0.3 is 5.97 Å². The first-order valence-corrected chi connectivity index (χ1v) is 8.22. The average molecular weight is 319 g/mol. The summed E-state index contributed by atoms with van der Waals surface area (Å²) in [6.07, 6.45) is 2.05. The van der Waals surface area contributed by atoms with Gasteiger partial charge in [-0.1, -0.05) is 13.8 Å². The smallest absolute Gasteiger partial charge is 0.306 e. The van der Waals surface area contributed by atoms with E-state index in [1.807, 2.05) is 12.1 Å². The van der Waals surface area contributed by atoms with E-state index in [1.165, 1.54) is 0 Å². The third kappa shape index (κ3) is 4.98. The molecule has 5 nitrogen and oxygen atoms in total. The van der Waals surface area contributed by atoms with Gasteiger partial charge in [0.2, 0.25) is 0 Å². The van der Waals surface area contributed by atoms with Crippen molar-refractivity contribution >= 4 is 11.9 Å². The van der Waals surface area contributed by atoms with Crippen molar-refractivity contribution < 1.29 is 19.4 Å². The summed E-state index contributed by atoms with van der Waals surface area (Å²) in [5.74, 6) is 0.245. The molecule has 5 heteroatoms. The molecule has 0 unspecified atom stereocenters. The number of likely N-dealkylation sites (tertiary alicyclic amines) is 1. The first-order chi connectivity index (χ1) is 11.0. The predicted octanol–water partition coefficient (Wildman–Crippen LogP) is 3.05. The van der Waals surface area contributed by atoms with E-state index in [-0.39, 0.29) is 11.8 Å². The molecule has 1 N–H and O–H groups in total. The van der Waals surface area contributed by atoms with Crippen molar-refractivity contribution in [3.63, 3.8) is 0 Å². The van der Waals surface area contributed by atoms with Gasteiger partial charge in [0.1, 0.15) is 5.75 Å². The van der Waals surface area contributed by atoms with E-state index < -0.39 is 5.97 Å². The zero-order chi connectivity index (χ0) is 16.8. The highest BCUT2D eigenvalue weighted by Gasteiger charge is 2.27. The van der Waals surface area contributed by atoms with Gasteiger partial charge in [-0.2, -0.15) is 0 Å². The molecule has 0 aliphatic carbocycles. The molecule has 2 rings (SSSR count). The summed E-state index contributed by atoms with van der Waals surface area (Å²) in [6, 6.07) is 7.18. The van der Waals surface area contributed by atoms with E-state index >= 15 is 0 Å². The van der Waals surface area contributed by atoms with Crippen molar-refractivity contribution in [3.8, 4) is 5.75 Å². The predicted molar refractivity (Wildman–Crippen MR) is 87.7 cm³/mol. The Labute approximate surface area is 137 Å². The molecule has 0 radical (unpaired) electrons. The molecule has 126 valence electrons. The van der Waals surface area contributed by atoms with E-state index in [9.17, 15) is 9.59 Å². The normalized spacial score (nSPS) is 15.7. The summed E-state index contributed by atoms with van der Waals surface area (Å²) in [6.45, 7) is 5.98. The molecule has 1 heterocycles. The number of ether oxygens (including phenoxy) is 1. The second-order valence-electron chi connectivity index (χ2n) is 6.46. The maximum atomic E-state index is 12.4. The van der Waals surface area contributed by atoms with Gasteiger partial charge in [0.25, 0.3) is 5.91 Å². The molecule has 1 aliphatic heterocycles. The molecule has 23 heavy (non-hydrogen) atoms. The Bertz CT molecular complexity index is 530. The molecule has 1 aromatic rings. The van der Waals surface area contributed by atoms with Crippen molar-refractivity contribution in [2.45, 2.75) is 33.1 Å². The molecular formula is C18H25NO4. The molecule has 0 atom stereocenters. The van der Waals surface area contributed by atoms with Crippen LogP contribution in [0.25, 0.3) is 0 Å². The van der Waals surface area contributed by atoms with Crippen LogP contribution in [0.1, 0.15) is 43.5 Å². The second-order valence-corrected chi connectivity index (χ2v) is 6.46. The summed E-state index contributed by atoms with van der Waals surface area (Å²) in [5, 5.41) is 9.00. The second kappa shape index (κ2) is 7.99. The molecule has 0 saturated carbocycles. The van der Waals surface area contributed by atoms with Crippen LogP contribution in [0.5, 0.6) is 5.75 Å². The van der Waals surface area contributed by atoms with Crippen LogP contribution >= 0.6 is 0 Å². The Morgan fingerprint density at radius 3 is 2.35 bits per heavy atom. The van der Waals surface area contributed by atoms with Crippen molar-refractivity contribution in [3.05, 3.63) is 29.8 Å². The number of piperidine rings is 1. The number of amides is 1. The Morgan fingerprint density at radius 1 is 1.22 bits per heavy atom. The minimum Gasteiger partial charge on any atom is -0.494 e. The molecule has 1 aromatic carbocycles. The number of carboxylic acid groups (broad SMARTS) is 1. The van der Waals surface area contributed by atoms with Gasteiger partial charge in [-0.15, -0.1) is 0 Å². The highest BCUT2D eigenvalue weighted by Crippen LogP contribution is 2.20. The first-order valence-electron chi connectivity index (χ1n) is 8.22. The van der Waals surface area contributed by atoms with Crippen LogP contribution in [0.4, 0.5) is 0 Å². The van der Waals surface area contributed by atoms with Gasteiger partial charge in [0.05, 0.1) is 12.5 Å². The van der Waals surface area contributed by atoms with Gasteiger partial charge in [-0.05, 0) is 49.4 Å². The largest absolute Gasteiger partial charge is 0.494 e. The SMILES string of the molecule is CC(C)CCOc1ccc(C(=O)N2CCC(C(=O)O)CC2)cc1. The number of aliphatic carboxylic acids is 1. The molecule has 1 amide bonds. The maximum Gasteiger partial charge on any atom is 0.306 e. The van der Waals surface area contributed by atoms with Crippen LogP contribution in [0.15, 0.2) is 24.3 Å². The molecule has 0 aromatic heterocycles. The van der Waals surface area contributed by atoms with Gasteiger partial charge in [-0.25, -0.2) is 0 Å². The maximum absolute atomic E-state index is 12.4. The lowest BCUT2D eigenvalue weighted by Gasteiger charge is -2.30. The fourth-order valence-corrected chi connectivity index (χ4v) is 2.62. The number of carboxylic acids is 1. The van der Waals surface area contributed by atoms with Gasteiger partial charge < -0.3 is 14.7 Å². The number of carbonyl (C=O) groups excluding carboxylic acids is 1. The molecular weight excluding hydrogens is 294 g/mol. The van der Waals surface area contributed by atoms with Gasteiger partial charge in [0.15, 0.2) is 0 Å². The van der Waals surface area contributed by atoms with E-state index in [0.29, 0.717) is 44.0 Å². The number of benzene rings is 1. The van der Waals surface area contributed by atoms with Crippen LogP contribution in [0, 0.1) is 11.8 Å². The highest BCUT2D eigenvalue weighted by atomic mass is 16.5. The van der Waals surface area contributed by atoms with Crippen LogP contribution in [0.2, 0.25) is 0 Å². The third-order valence-electron chi connectivity index (χ3n) is 4.20. The molecule has 1 aliphatic rings. The summed E-state index contributed by atoms with van der Waals surface area (Å²) >= 11 is 0. The summed E-state index contributed by atoms with van der Waals surface area (Å²) < 4.78 is 5.65. The fraction of sp³-hybridized carbons (Fsp3) is 0.556. The van der Waals surface area contributed by atoms with Crippen molar-refractivity contribution in [2.24, 2.45) is 11.8 Å². The number of nitrogens with zero attached hydrogens (tertiary/aromatic N) is 1. The van der Waals surface area contributed by atoms with E-state index in [4.69, 9.17) is 9.84 Å². The average Bonchev–Trinajstić information content (AvgIpc) is 2.54. The lowest BCUT2D eigenvalue weighted by atomic mass is 9.96. The number of carbonyl (C=O) groups is 2. The first kappa shape index (κ1) is 17.3. The van der Waals surface area contributed by atoms with Crippen LogP contribution < -0.4 is 4.74 Å². The Hall–Kier alpha value is -2.04. The quantitative estimate of drug-likeness (QED) is 0.875. The Kier molecular flexibility index (Phi) is 6.02. The molecule has 0 bridgehead atoms. The summed E-state index contributed by atoms with van der Waals surface area (Å²) in [4.78, 5) is 25.1. The standard InChI is InChI=1S/C18H25NO4/c1-13(2)9-12-23-16-5-3-14(4-6-16)17(20)19-10-7-15(8-11-19)18(21)22/h3-6,13,15H,7-12H2,1-2H3,(H,21,22). The molecule has 1 saturated heterocycles. The minimum atomic E-state index is -0.764.